The van der Waals surface area contributed by atoms with Crippen LogP contribution in [0.2, 0.25) is 0 Å². The van der Waals surface area contributed by atoms with Crippen LogP contribution in [0.25, 0.3) is 0 Å². The molecule has 172 valence electrons. The Morgan fingerprint density at radius 3 is 2.15 bits per heavy atom. The lowest BCUT2D eigenvalue weighted by molar-refractivity contribution is -0.124. The number of nitrogens with one attached hydrogen (secondary N) is 3. The quantitative estimate of drug-likeness (QED) is 0.480. The summed E-state index contributed by atoms with van der Waals surface area (Å²) in [5.74, 6) is -4.04. The first-order chi connectivity index (χ1) is 15.8. The van der Waals surface area contributed by atoms with Crippen LogP contribution in [0.4, 0.5) is 14.5 Å². The molecule has 3 N–H and O–H groups in total. The minimum absolute atomic E-state index is 0.151. The molecule has 3 amide bonds. The summed E-state index contributed by atoms with van der Waals surface area (Å²) in [7, 11) is 0. The minimum Gasteiger partial charge on any atom is -0.459 e. The van der Waals surface area contributed by atoms with Gasteiger partial charge in [-0.15, -0.1) is 0 Å². The second-order valence-corrected chi connectivity index (χ2v) is 7.64. The first kappa shape index (κ1) is 23.6. The standard InChI is InChI=1S/C24H23F2N3O4/c1-14(2)21(29-23(31)20-17(25)5-3-6-18(20)26)24(32)27-13-15-8-10-16(11-9-15)28-22(30)19-7-4-12-33-19/h3-12,14,21H,13H2,1-2H3,(H,27,32)(H,28,30)(H,29,31). The van der Waals surface area contributed by atoms with Crippen molar-refractivity contribution in [3.05, 3.63) is 89.4 Å². The molecular formula is C24H23F2N3O4. The molecule has 2 aromatic carbocycles. The molecule has 3 aromatic rings. The Balaban J connectivity index is 1.58. The highest BCUT2D eigenvalue weighted by molar-refractivity contribution is 6.02. The van der Waals surface area contributed by atoms with Gasteiger partial charge in [0.2, 0.25) is 5.91 Å². The number of benzene rings is 2. The minimum atomic E-state index is -1.00. The van der Waals surface area contributed by atoms with Gasteiger partial charge in [-0.25, -0.2) is 8.78 Å². The van der Waals surface area contributed by atoms with E-state index in [-0.39, 0.29) is 24.1 Å². The van der Waals surface area contributed by atoms with Gasteiger partial charge in [0.25, 0.3) is 11.8 Å². The van der Waals surface area contributed by atoms with E-state index in [9.17, 15) is 23.2 Å². The third kappa shape index (κ3) is 6.03. The molecule has 1 unspecified atom stereocenters. The molecule has 0 aliphatic rings. The SMILES string of the molecule is CC(C)C(NC(=O)c1c(F)cccc1F)C(=O)NCc1ccc(NC(=O)c2ccco2)cc1. The fourth-order valence-corrected chi connectivity index (χ4v) is 3.07. The van der Waals surface area contributed by atoms with Crippen molar-refractivity contribution in [3.8, 4) is 0 Å². The summed E-state index contributed by atoms with van der Waals surface area (Å²) in [6, 6.07) is 12.0. The average molecular weight is 455 g/mol. The van der Waals surface area contributed by atoms with Crippen LogP contribution in [0.15, 0.2) is 65.3 Å². The van der Waals surface area contributed by atoms with Crippen LogP contribution < -0.4 is 16.0 Å². The van der Waals surface area contributed by atoms with Gasteiger partial charge >= 0.3 is 0 Å². The van der Waals surface area contributed by atoms with E-state index >= 15 is 0 Å². The monoisotopic (exact) mass is 455 g/mol. The zero-order valence-electron chi connectivity index (χ0n) is 18.0. The summed E-state index contributed by atoms with van der Waals surface area (Å²) in [6.07, 6.45) is 1.40. The molecule has 7 nitrogen and oxygen atoms in total. The van der Waals surface area contributed by atoms with Gasteiger partial charge in [0.15, 0.2) is 5.76 Å². The molecule has 0 fully saturated rings. The summed E-state index contributed by atoms with van der Waals surface area (Å²) in [5, 5.41) is 7.80. The zero-order chi connectivity index (χ0) is 24.0. The average Bonchev–Trinajstić information content (AvgIpc) is 3.31. The van der Waals surface area contributed by atoms with Gasteiger partial charge in [0.1, 0.15) is 23.2 Å². The fraction of sp³-hybridized carbons (Fsp3) is 0.208. The zero-order valence-corrected chi connectivity index (χ0v) is 18.0. The van der Waals surface area contributed by atoms with E-state index in [1.54, 1.807) is 50.2 Å². The third-order valence-corrected chi connectivity index (χ3v) is 4.85. The van der Waals surface area contributed by atoms with E-state index in [0.717, 1.165) is 23.8 Å². The van der Waals surface area contributed by atoms with E-state index in [2.05, 4.69) is 16.0 Å². The van der Waals surface area contributed by atoms with Crippen molar-refractivity contribution in [1.82, 2.24) is 10.6 Å². The van der Waals surface area contributed by atoms with E-state index in [1.807, 2.05) is 0 Å². The lowest BCUT2D eigenvalue weighted by Crippen LogP contribution is -2.49. The van der Waals surface area contributed by atoms with E-state index in [1.165, 1.54) is 6.26 Å². The number of carbonyl (C=O) groups is 3. The second kappa shape index (κ2) is 10.5. The molecule has 9 heteroatoms. The molecular weight excluding hydrogens is 432 g/mol. The van der Waals surface area contributed by atoms with Crippen molar-refractivity contribution in [2.45, 2.75) is 26.4 Å². The highest BCUT2D eigenvalue weighted by Crippen LogP contribution is 2.14. The smallest absolute Gasteiger partial charge is 0.291 e. The summed E-state index contributed by atoms with van der Waals surface area (Å²) in [4.78, 5) is 37.0. The number of halogens is 2. The van der Waals surface area contributed by atoms with Gasteiger partial charge in [-0.2, -0.15) is 0 Å². The van der Waals surface area contributed by atoms with Crippen LogP contribution in [0, 0.1) is 17.6 Å². The first-order valence-electron chi connectivity index (χ1n) is 10.2. The lowest BCUT2D eigenvalue weighted by Gasteiger charge is -2.22. The maximum absolute atomic E-state index is 13.9. The van der Waals surface area contributed by atoms with Gasteiger partial charge in [0, 0.05) is 12.2 Å². The van der Waals surface area contributed by atoms with Crippen LogP contribution in [-0.4, -0.2) is 23.8 Å². The molecule has 0 aliphatic carbocycles. The van der Waals surface area contributed by atoms with Crippen LogP contribution in [0.5, 0.6) is 0 Å². The summed E-state index contributed by atoms with van der Waals surface area (Å²) >= 11 is 0. The highest BCUT2D eigenvalue weighted by atomic mass is 19.1. The van der Waals surface area contributed by atoms with Crippen LogP contribution in [0.3, 0.4) is 0 Å². The molecule has 33 heavy (non-hydrogen) atoms. The Bertz CT molecular complexity index is 1110. The van der Waals surface area contributed by atoms with Gasteiger partial charge in [0.05, 0.1) is 6.26 Å². The molecule has 0 radical (unpaired) electrons. The topological polar surface area (TPSA) is 100 Å². The van der Waals surface area contributed by atoms with Crippen LogP contribution in [0.1, 0.15) is 40.3 Å². The van der Waals surface area contributed by atoms with E-state index < -0.39 is 35.1 Å². The van der Waals surface area contributed by atoms with Gasteiger partial charge in [-0.05, 0) is 47.9 Å². The van der Waals surface area contributed by atoms with Crippen molar-refractivity contribution in [2.24, 2.45) is 5.92 Å². The van der Waals surface area contributed by atoms with Crippen molar-refractivity contribution in [3.63, 3.8) is 0 Å². The van der Waals surface area contributed by atoms with Crippen molar-refractivity contribution in [1.29, 1.82) is 0 Å². The number of anilines is 1. The maximum Gasteiger partial charge on any atom is 0.291 e. The normalized spacial score (nSPS) is 11.7. The predicted octanol–water partition coefficient (Wildman–Crippen LogP) is 3.88. The summed E-state index contributed by atoms with van der Waals surface area (Å²) in [5.41, 5.74) is 0.558. The molecule has 0 bridgehead atoms. The number of amides is 3. The molecule has 1 atom stereocenters. The predicted molar refractivity (Wildman–Crippen MR) is 117 cm³/mol. The Hall–Kier alpha value is -4.01. The van der Waals surface area contributed by atoms with E-state index in [0.29, 0.717) is 5.69 Å². The number of carbonyl (C=O) groups excluding carboxylic acids is 3. The van der Waals surface area contributed by atoms with Gasteiger partial charge in [-0.1, -0.05) is 32.0 Å². The third-order valence-electron chi connectivity index (χ3n) is 4.85. The number of rotatable bonds is 8. The Kier molecular flexibility index (Phi) is 7.55. The number of hydrogen-bond acceptors (Lipinski definition) is 4. The second-order valence-electron chi connectivity index (χ2n) is 7.64. The van der Waals surface area contributed by atoms with Gasteiger partial charge < -0.3 is 20.4 Å². The largest absolute Gasteiger partial charge is 0.459 e. The van der Waals surface area contributed by atoms with Crippen molar-refractivity contribution < 1.29 is 27.6 Å². The molecule has 1 aromatic heterocycles. The lowest BCUT2D eigenvalue weighted by atomic mass is 10.0. The molecule has 3 rings (SSSR count). The number of hydrogen-bond donors (Lipinski definition) is 3. The molecule has 0 saturated heterocycles. The Morgan fingerprint density at radius 1 is 0.909 bits per heavy atom. The number of furan rings is 1. The molecule has 0 saturated carbocycles. The molecule has 1 heterocycles. The summed E-state index contributed by atoms with van der Waals surface area (Å²) < 4.78 is 32.8. The Labute approximate surface area is 189 Å². The first-order valence-corrected chi connectivity index (χ1v) is 10.2. The van der Waals surface area contributed by atoms with E-state index in [4.69, 9.17) is 4.42 Å². The van der Waals surface area contributed by atoms with Crippen molar-refractivity contribution in [2.75, 3.05) is 5.32 Å². The van der Waals surface area contributed by atoms with Crippen LogP contribution in [-0.2, 0) is 11.3 Å². The molecule has 0 spiro atoms. The summed E-state index contributed by atoms with van der Waals surface area (Å²) in [6.45, 7) is 3.57. The van der Waals surface area contributed by atoms with Gasteiger partial charge in [-0.3, -0.25) is 14.4 Å². The van der Waals surface area contributed by atoms with Crippen LogP contribution >= 0.6 is 0 Å². The fourth-order valence-electron chi connectivity index (χ4n) is 3.07. The molecule has 0 aliphatic heterocycles. The Morgan fingerprint density at radius 2 is 1.58 bits per heavy atom. The maximum atomic E-state index is 13.9. The highest BCUT2D eigenvalue weighted by Gasteiger charge is 2.27. The van der Waals surface area contributed by atoms with Crippen molar-refractivity contribution >= 4 is 23.4 Å².